The van der Waals surface area contributed by atoms with Crippen LogP contribution in [-0.4, -0.2) is 11.6 Å². The summed E-state index contributed by atoms with van der Waals surface area (Å²) in [5, 5.41) is 0. The fraction of sp³-hybridized carbons (Fsp3) is 0.800. The van der Waals surface area contributed by atoms with E-state index in [1.54, 1.807) is 0 Å². The SMILES string of the molecule is C=CCC(CCCCCC)C(=O)OC(C)(C)C. The van der Waals surface area contributed by atoms with E-state index < -0.39 is 0 Å². The number of esters is 1. The van der Waals surface area contributed by atoms with E-state index in [9.17, 15) is 4.79 Å². The molecular weight excluding hydrogens is 212 g/mol. The minimum absolute atomic E-state index is 0.0106. The lowest BCUT2D eigenvalue weighted by Crippen LogP contribution is -2.28. The highest BCUT2D eigenvalue weighted by atomic mass is 16.6. The van der Waals surface area contributed by atoms with Crippen LogP contribution in [0.2, 0.25) is 0 Å². The zero-order valence-corrected chi connectivity index (χ0v) is 11.9. The molecule has 0 spiro atoms. The van der Waals surface area contributed by atoms with Crippen LogP contribution in [0.15, 0.2) is 12.7 Å². The third kappa shape index (κ3) is 8.96. The molecule has 0 aliphatic rings. The number of unbranched alkanes of at least 4 members (excludes halogenated alkanes) is 3. The van der Waals surface area contributed by atoms with Gasteiger partial charge in [0.2, 0.25) is 0 Å². The Kier molecular flexibility index (Phi) is 7.94. The summed E-state index contributed by atoms with van der Waals surface area (Å²) in [4.78, 5) is 11.9. The highest BCUT2D eigenvalue weighted by molar-refractivity contribution is 5.73. The molecule has 0 aromatic rings. The monoisotopic (exact) mass is 240 g/mol. The highest BCUT2D eigenvalue weighted by Crippen LogP contribution is 2.20. The van der Waals surface area contributed by atoms with Crippen LogP contribution in [0.25, 0.3) is 0 Å². The normalized spacial score (nSPS) is 13.2. The average molecular weight is 240 g/mol. The second-order valence-electron chi connectivity index (χ2n) is 5.60. The molecule has 0 saturated carbocycles. The van der Waals surface area contributed by atoms with E-state index >= 15 is 0 Å². The number of rotatable bonds is 8. The summed E-state index contributed by atoms with van der Waals surface area (Å²) in [6, 6.07) is 0. The molecule has 0 amide bonds. The molecule has 0 rings (SSSR count). The maximum Gasteiger partial charge on any atom is 0.309 e. The van der Waals surface area contributed by atoms with Crippen LogP contribution in [-0.2, 0) is 9.53 Å². The summed E-state index contributed by atoms with van der Waals surface area (Å²) >= 11 is 0. The Labute approximate surface area is 106 Å². The quantitative estimate of drug-likeness (QED) is 0.355. The molecule has 0 heterocycles. The van der Waals surface area contributed by atoms with Crippen molar-refractivity contribution in [3.63, 3.8) is 0 Å². The second kappa shape index (κ2) is 8.32. The second-order valence-corrected chi connectivity index (χ2v) is 5.60. The van der Waals surface area contributed by atoms with Crippen molar-refractivity contribution in [1.82, 2.24) is 0 Å². The average Bonchev–Trinajstić information content (AvgIpc) is 2.20. The first kappa shape index (κ1) is 16.2. The van der Waals surface area contributed by atoms with Crippen molar-refractivity contribution in [2.75, 3.05) is 0 Å². The van der Waals surface area contributed by atoms with Crippen molar-refractivity contribution in [3.8, 4) is 0 Å². The Morgan fingerprint density at radius 3 is 2.41 bits per heavy atom. The molecule has 100 valence electrons. The molecule has 1 atom stereocenters. The number of carbonyl (C=O) groups excluding carboxylic acids is 1. The van der Waals surface area contributed by atoms with Gasteiger partial charge in [-0.05, 0) is 33.6 Å². The lowest BCUT2D eigenvalue weighted by Gasteiger charge is -2.23. The first-order valence-corrected chi connectivity index (χ1v) is 6.74. The van der Waals surface area contributed by atoms with E-state index in [1.807, 2.05) is 26.8 Å². The maximum absolute atomic E-state index is 11.9. The minimum atomic E-state index is -0.389. The lowest BCUT2D eigenvalue weighted by molar-refractivity contribution is -0.160. The third-order valence-corrected chi connectivity index (χ3v) is 2.60. The van der Waals surface area contributed by atoms with Crippen LogP contribution in [0, 0.1) is 5.92 Å². The van der Waals surface area contributed by atoms with Gasteiger partial charge < -0.3 is 4.74 Å². The summed E-state index contributed by atoms with van der Waals surface area (Å²) in [7, 11) is 0. The number of carbonyl (C=O) groups is 1. The maximum atomic E-state index is 11.9. The summed E-state index contributed by atoms with van der Waals surface area (Å²) < 4.78 is 5.42. The van der Waals surface area contributed by atoms with Crippen molar-refractivity contribution in [1.29, 1.82) is 0 Å². The molecule has 0 aromatic heterocycles. The van der Waals surface area contributed by atoms with E-state index in [1.165, 1.54) is 19.3 Å². The largest absolute Gasteiger partial charge is 0.460 e. The molecular formula is C15H28O2. The summed E-state index contributed by atoms with van der Waals surface area (Å²) in [5.41, 5.74) is -0.389. The number of ether oxygens (including phenoxy) is 1. The Bertz CT molecular complexity index is 226. The zero-order valence-electron chi connectivity index (χ0n) is 11.9. The molecule has 0 aromatic carbocycles. The van der Waals surface area contributed by atoms with Crippen LogP contribution in [0.4, 0.5) is 0 Å². The van der Waals surface area contributed by atoms with Crippen LogP contribution in [0.1, 0.15) is 66.2 Å². The van der Waals surface area contributed by atoms with Gasteiger partial charge in [0.15, 0.2) is 0 Å². The van der Waals surface area contributed by atoms with E-state index in [0.29, 0.717) is 0 Å². The van der Waals surface area contributed by atoms with Crippen molar-refractivity contribution < 1.29 is 9.53 Å². The molecule has 2 nitrogen and oxygen atoms in total. The van der Waals surface area contributed by atoms with Crippen LogP contribution in [0.5, 0.6) is 0 Å². The van der Waals surface area contributed by atoms with Crippen LogP contribution >= 0.6 is 0 Å². The number of hydrogen-bond donors (Lipinski definition) is 0. The highest BCUT2D eigenvalue weighted by Gasteiger charge is 2.23. The summed E-state index contributed by atoms with van der Waals surface area (Å²) in [6.07, 6.45) is 8.22. The van der Waals surface area contributed by atoms with E-state index in [4.69, 9.17) is 4.74 Å². The molecule has 0 N–H and O–H groups in total. The van der Waals surface area contributed by atoms with Crippen molar-refractivity contribution in [3.05, 3.63) is 12.7 Å². The van der Waals surface area contributed by atoms with Gasteiger partial charge in [0.25, 0.3) is 0 Å². The van der Waals surface area contributed by atoms with Gasteiger partial charge in [-0.2, -0.15) is 0 Å². The van der Waals surface area contributed by atoms with Crippen molar-refractivity contribution in [2.45, 2.75) is 71.8 Å². The standard InChI is InChI=1S/C15H28O2/c1-6-8-9-10-12-13(11-7-2)14(16)17-15(3,4)5/h7,13H,2,6,8-12H2,1,3-5H3. The van der Waals surface area contributed by atoms with Crippen LogP contribution < -0.4 is 0 Å². The lowest BCUT2D eigenvalue weighted by atomic mass is 9.97. The Morgan fingerprint density at radius 2 is 1.94 bits per heavy atom. The molecule has 17 heavy (non-hydrogen) atoms. The number of allylic oxidation sites excluding steroid dienone is 1. The molecule has 0 aliphatic heterocycles. The van der Waals surface area contributed by atoms with Crippen molar-refractivity contribution in [2.24, 2.45) is 5.92 Å². The smallest absolute Gasteiger partial charge is 0.309 e. The van der Waals surface area contributed by atoms with Crippen LogP contribution in [0.3, 0.4) is 0 Å². The first-order valence-electron chi connectivity index (χ1n) is 6.74. The predicted octanol–water partition coefficient (Wildman–Crippen LogP) is 4.49. The first-order chi connectivity index (χ1) is 7.90. The molecule has 0 fully saturated rings. The Hall–Kier alpha value is -0.790. The Morgan fingerprint density at radius 1 is 1.29 bits per heavy atom. The van der Waals surface area contributed by atoms with E-state index in [2.05, 4.69) is 13.5 Å². The molecule has 0 saturated heterocycles. The fourth-order valence-corrected chi connectivity index (χ4v) is 1.74. The fourth-order valence-electron chi connectivity index (χ4n) is 1.74. The number of hydrogen-bond acceptors (Lipinski definition) is 2. The van der Waals surface area contributed by atoms with Gasteiger partial charge in [-0.3, -0.25) is 4.79 Å². The summed E-state index contributed by atoms with van der Waals surface area (Å²) in [6.45, 7) is 11.6. The van der Waals surface area contributed by atoms with E-state index in [0.717, 1.165) is 19.3 Å². The van der Waals surface area contributed by atoms with Gasteiger partial charge in [0.05, 0.1) is 5.92 Å². The van der Waals surface area contributed by atoms with Gasteiger partial charge in [0.1, 0.15) is 5.60 Å². The van der Waals surface area contributed by atoms with Gasteiger partial charge >= 0.3 is 5.97 Å². The molecule has 0 aliphatic carbocycles. The predicted molar refractivity (Wildman–Crippen MR) is 72.9 cm³/mol. The topological polar surface area (TPSA) is 26.3 Å². The third-order valence-electron chi connectivity index (χ3n) is 2.60. The minimum Gasteiger partial charge on any atom is -0.460 e. The molecule has 1 unspecified atom stereocenters. The molecule has 0 bridgehead atoms. The zero-order chi connectivity index (χ0) is 13.3. The molecule has 0 radical (unpaired) electrons. The van der Waals surface area contributed by atoms with Crippen molar-refractivity contribution >= 4 is 5.97 Å². The molecule has 2 heteroatoms. The Balaban J connectivity index is 4.12. The van der Waals surface area contributed by atoms with E-state index in [-0.39, 0.29) is 17.5 Å². The van der Waals surface area contributed by atoms with Gasteiger partial charge in [0, 0.05) is 0 Å². The summed E-state index contributed by atoms with van der Waals surface area (Å²) in [5.74, 6) is -0.0857. The van der Waals surface area contributed by atoms with Gasteiger partial charge in [-0.15, -0.1) is 6.58 Å². The van der Waals surface area contributed by atoms with Gasteiger partial charge in [-0.1, -0.05) is 38.7 Å². The van der Waals surface area contributed by atoms with Gasteiger partial charge in [-0.25, -0.2) is 0 Å².